The van der Waals surface area contributed by atoms with Crippen molar-refractivity contribution in [3.63, 3.8) is 0 Å². The Morgan fingerprint density at radius 1 is 1.04 bits per heavy atom. The fourth-order valence-electron chi connectivity index (χ4n) is 2.36. The third kappa shape index (κ3) is 5.69. The average molecular weight is 344 g/mol. The lowest BCUT2D eigenvalue weighted by Crippen LogP contribution is -2.48. The van der Waals surface area contributed by atoms with Crippen LogP contribution in [0.5, 0.6) is 0 Å². The number of carbonyl (C=O) groups excluding carboxylic acids is 2. The van der Waals surface area contributed by atoms with E-state index in [1.165, 1.54) is 26.2 Å². The molecule has 0 fully saturated rings. The number of halogens is 1. The number of benzene rings is 2. The quantitative estimate of drug-likeness (QED) is 0.810. The molecule has 0 radical (unpaired) electrons. The number of amides is 2. The third-order valence-electron chi connectivity index (χ3n) is 3.63. The van der Waals surface area contributed by atoms with Crippen molar-refractivity contribution in [2.75, 3.05) is 13.7 Å². The average Bonchev–Trinajstić information content (AvgIpc) is 2.60. The van der Waals surface area contributed by atoms with Crippen LogP contribution in [0.15, 0.2) is 48.5 Å². The summed E-state index contributed by atoms with van der Waals surface area (Å²) in [4.78, 5) is 23.3. The Morgan fingerprint density at radius 2 is 1.60 bits per heavy atom. The van der Waals surface area contributed by atoms with Gasteiger partial charge in [0.15, 0.2) is 0 Å². The van der Waals surface area contributed by atoms with Crippen LogP contribution in [0.4, 0.5) is 4.39 Å². The van der Waals surface area contributed by atoms with E-state index in [0.29, 0.717) is 6.54 Å². The lowest BCUT2D eigenvalue weighted by atomic mass is 10.0. The highest BCUT2D eigenvalue weighted by molar-refractivity contribution is 5.86. The summed E-state index contributed by atoms with van der Waals surface area (Å²) in [6.45, 7) is 1.79. The van der Waals surface area contributed by atoms with E-state index in [4.69, 9.17) is 4.74 Å². The Balaban J connectivity index is 1.95. The number of hydrogen-bond donors (Lipinski definition) is 2. The standard InChI is InChI=1S/C19H21FN2O3/c1-13(23)22-18(12-25-2)19(24)21-11-14-3-5-15(6-4-14)16-7-9-17(20)10-8-16/h3-10,18H,11-12H2,1-2H3,(H,21,24)(H,22,23)/t18-/m1/s1. The van der Waals surface area contributed by atoms with Crippen molar-refractivity contribution in [1.82, 2.24) is 10.6 Å². The summed E-state index contributed by atoms with van der Waals surface area (Å²) < 4.78 is 17.9. The van der Waals surface area contributed by atoms with Gasteiger partial charge in [-0.2, -0.15) is 0 Å². The molecule has 0 saturated heterocycles. The van der Waals surface area contributed by atoms with E-state index in [1.54, 1.807) is 12.1 Å². The first-order chi connectivity index (χ1) is 12.0. The smallest absolute Gasteiger partial charge is 0.245 e. The molecule has 0 aliphatic carbocycles. The van der Waals surface area contributed by atoms with Gasteiger partial charge in [0, 0.05) is 20.6 Å². The number of ether oxygens (including phenoxy) is 1. The van der Waals surface area contributed by atoms with Crippen LogP contribution in [0.25, 0.3) is 11.1 Å². The van der Waals surface area contributed by atoms with Gasteiger partial charge in [-0.25, -0.2) is 4.39 Å². The maximum absolute atomic E-state index is 13.0. The van der Waals surface area contributed by atoms with Crippen LogP contribution in [0, 0.1) is 5.82 Å². The molecule has 2 amide bonds. The zero-order chi connectivity index (χ0) is 18.2. The molecule has 2 rings (SSSR count). The van der Waals surface area contributed by atoms with Crippen molar-refractivity contribution in [3.05, 3.63) is 59.9 Å². The van der Waals surface area contributed by atoms with Crippen LogP contribution in [0.1, 0.15) is 12.5 Å². The molecule has 0 aliphatic heterocycles. The molecule has 0 spiro atoms. The largest absolute Gasteiger partial charge is 0.382 e. The van der Waals surface area contributed by atoms with Gasteiger partial charge in [-0.05, 0) is 28.8 Å². The molecular weight excluding hydrogens is 323 g/mol. The molecule has 25 heavy (non-hydrogen) atoms. The highest BCUT2D eigenvalue weighted by Gasteiger charge is 2.18. The minimum absolute atomic E-state index is 0.106. The predicted molar refractivity (Wildman–Crippen MR) is 93.2 cm³/mol. The Morgan fingerprint density at radius 3 is 2.12 bits per heavy atom. The van der Waals surface area contributed by atoms with Crippen LogP contribution in [-0.4, -0.2) is 31.6 Å². The van der Waals surface area contributed by atoms with E-state index in [2.05, 4.69) is 10.6 Å². The Labute approximate surface area is 146 Å². The van der Waals surface area contributed by atoms with Crippen molar-refractivity contribution in [2.45, 2.75) is 19.5 Å². The van der Waals surface area contributed by atoms with Gasteiger partial charge >= 0.3 is 0 Å². The number of carbonyl (C=O) groups is 2. The molecule has 132 valence electrons. The van der Waals surface area contributed by atoms with Gasteiger partial charge in [-0.1, -0.05) is 36.4 Å². The fraction of sp³-hybridized carbons (Fsp3) is 0.263. The van der Waals surface area contributed by atoms with Gasteiger partial charge < -0.3 is 15.4 Å². The van der Waals surface area contributed by atoms with Crippen LogP contribution < -0.4 is 10.6 Å². The molecule has 2 aromatic rings. The predicted octanol–water partition coefficient (Wildman–Crippen LogP) is 2.26. The first-order valence-corrected chi connectivity index (χ1v) is 7.88. The lowest BCUT2D eigenvalue weighted by molar-refractivity contribution is -0.129. The van der Waals surface area contributed by atoms with E-state index in [9.17, 15) is 14.0 Å². The minimum Gasteiger partial charge on any atom is -0.382 e. The summed E-state index contributed by atoms with van der Waals surface area (Å²) in [6.07, 6.45) is 0. The summed E-state index contributed by atoms with van der Waals surface area (Å²) in [7, 11) is 1.47. The second kappa shape index (κ2) is 8.94. The molecule has 0 aromatic heterocycles. The van der Waals surface area contributed by atoms with Crippen LogP contribution in [0.2, 0.25) is 0 Å². The van der Waals surface area contributed by atoms with E-state index in [0.717, 1.165) is 16.7 Å². The van der Waals surface area contributed by atoms with Crippen molar-refractivity contribution in [3.8, 4) is 11.1 Å². The second-order valence-electron chi connectivity index (χ2n) is 5.63. The molecule has 0 bridgehead atoms. The van der Waals surface area contributed by atoms with Crippen molar-refractivity contribution in [2.24, 2.45) is 0 Å². The Kier molecular flexibility index (Phi) is 6.65. The van der Waals surface area contributed by atoms with Crippen molar-refractivity contribution >= 4 is 11.8 Å². The van der Waals surface area contributed by atoms with E-state index in [1.807, 2.05) is 24.3 Å². The number of hydrogen-bond acceptors (Lipinski definition) is 3. The Bertz CT molecular complexity index is 714. The monoisotopic (exact) mass is 344 g/mol. The fourth-order valence-corrected chi connectivity index (χ4v) is 2.36. The summed E-state index contributed by atoms with van der Waals surface area (Å²) in [6, 6.07) is 13.2. The molecule has 5 nitrogen and oxygen atoms in total. The molecule has 2 aromatic carbocycles. The first-order valence-electron chi connectivity index (χ1n) is 7.88. The summed E-state index contributed by atoms with van der Waals surface area (Å²) in [5.74, 6) is -0.867. The van der Waals surface area contributed by atoms with Gasteiger partial charge in [0.2, 0.25) is 11.8 Å². The maximum atomic E-state index is 13.0. The molecular formula is C19H21FN2O3. The highest BCUT2D eigenvalue weighted by atomic mass is 19.1. The lowest BCUT2D eigenvalue weighted by Gasteiger charge is -2.16. The maximum Gasteiger partial charge on any atom is 0.245 e. The minimum atomic E-state index is -0.721. The molecule has 0 unspecified atom stereocenters. The Hall–Kier alpha value is -2.73. The van der Waals surface area contributed by atoms with Crippen LogP contribution in [0.3, 0.4) is 0 Å². The molecule has 0 heterocycles. The number of methoxy groups -OCH3 is 1. The summed E-state index contributed by atoms with van der Waals surface area (Å²) in [5, 5.41) is 5.32. The van der Waals surface area contributed by atoms with E-state index < -0.39 is 6.04 Å². The van der Waals surface area contributed by atoms with Crippen LogP contribution in [-0.2, 0) is 20.9 Å². The van der Waals surface area contributed by atoms with Gasteiger partial charge in [-0.3, -0.25) is 9.59 Å². The second-order valence-corrected chi connectivity index (χ2v) is 5.63. The third-order valence-corrected chi connectivity index (χ3v) is 3.63. The van der Waals surface area contributed by atoms with Gasteiger partial charge in [0.1, 0.15) is 11.9 Å². The number of nitrogens with one attached hydrogen (secondary N) is 2. The van der Waals surface area contributed by atoms with E-state index in [-0.39, 0.29) is 24.2 Å². The zero-order valence-corrected chi connectivity index (χ0v) is 14.2. The summed E-state index contributed by atoms with van der Waals surface area (Å²) in [5.41, 5.74) is 2.80. The van der Waals surface area contributed by atoms with Gasteiger partial charge in [-0.15, -0.1) is 0 Å². The first kappa shape index (κ1) is 18.6. The molecule has 1 atom stereocenters. The molecule has 2 N–H and O–H groups in total. The van der Waals surface area contributed by atoms with Crippen molar-refractivity contribution in [1.29, 1.82) is 0 Å². The van der Waals surface area contributed by atoms with Crippen LogP contribution >= 0.6 is 0 Å². The number of rotatable bonds is 7. The van der Waals surface area contributed by atoms with E-state index >= 15 is 0 Å². The van der Waals surface area contributed by atoms with Gasteiger partial charge in [0.05, 0.1) is 6.61 Å². The molecule has 0 aliphatic rings. The molecule has 6 heteroatoms. The van der Waals surface area contributed by atoms with Gasteiger partial charge in [0.25, 0.3) is 0 Å². The highest BCUT2D eigenvalue weighted by Crippen LogP contribution is 2.20. The summed E-state index contributed by atoms with van der Waals surface area (Å²) >= 11 is 0. The molecule has 0 saturated carbocycles. The zero-order valence-electron chi connectivity index (χ0n) is 14.2. The normalized spacial score (nSPS) is 11.6. The van der Waals surface area contributed by atoms with Crippen molar-refractivity contribution < 1.29 is 18.7 Å². The SMILES string of the molecule is COC[C@@H](NC(C)=O)C(=O)NCc1ccc(-c2ccc(F)cc2)cc1. The topological polar surface area (TPSA) is 67.4 Å².